The number of aliphatic carboxylic acids is 1. The van der Waals surface area contributed by atoms with Gasteiger partial charge in [0.1, 0.15) is 17.6 Å². The van der Waals surface area contributed by atoms with Crippen LogP contribution in [0.5, 0.6) is 5.75 Å². The van der Waals surface area contributed by atoms with Crippen molar-refractivity contribution in [2.24, 2.45) is 0 Å². The average Bonchev–Trinajstić information content (AvgIpc) is 3.35. The molecule has 0 saturated carbocycles. The number of carbonyl (C=O) groups is 3. The molecule has 0 aliphatic carbocycles. The minimum atomic E-state index is -1.10. The third-order valence-corrected chi connectivity index (χ3v) is 4.28. The molecular weight excluding hydrogens is 352 g/mol. The maximum atomic E-state index is 12.8. The number of furan rings is 1. The highest BCUT2D eigenvalue weighted by atomic mass is 16.5. The van der Waals surface area contributed by atoms with Gasteiger partial charge in [0.15, 0.2) is 6.61 Å². The van der Waals surface area contributed by atoms with E-state index in [1.165, 1.54) is 17.2 Å². The van der Waals surface area contributed by atoms with Crippen LogP contribution in [0.4, 0.5) is 0 Å². The summed E-state index contributed by atoms with van der Waals surface area (Å²) in [5, 5.41) is 11.5. The minimum absolute atomic E-state index is 0.226. The summed E-state index contributed by atoms with van der Waals surface area (Å²) in [6, 6.07) is 9.26. The van der Waals surface area contributed by atoms with Gasteiger partial charge in [-0.3, -0.25) is 9.59 Å². The van der Waals surface area contributed by atoms with Gasteiger partial charge in [0, 0.05) is 12.1 Å². The second-order valence-corrected chi connectivity index (χ2v) is 6.16. The standard InChI is InChI=1S/C19H20N2O6/c22-17(23)12-27-14-5-1-4-13(10-14)19(25)21-8-2-7-16(21)18(24)20-11-15-6-3-9-26-15/h1,3-6,9-10,16H,2,7-8,11-12H2,(H,20,24)(H,22,23). The Morgan fingerprint density at radius 2 is 2.11 bits per heavy atom. The summed E-state index contributed by atoms with van der Waals surface area (Å²) in [5.74, 6) is -0.676. The number of hydrogen-bond donors (Lipinski definition) is 2. The fourth-order valence-electron chi connectivity index (χ4n) is 3.02. The molecule has 2 N–H and O–H groups in total. The Bertz CT molecular complexity index is 817. The van der Waals surface area contributed by atoms with Crippen LogP contribution in [-0.2, 0) is 16.1 Å². The average molecular weight is 372 g/mol. The van der Waals surface area contributed by atoms with Crippen molar-refractivity contribution in [3.05, 3.63) is 54.0 Å². The highest BCUT2D eigenvalue weighted by Gasteiger charge is 2.34. The maximum Gasteiger partial charge on any atom is 0.341 e. The van der Waals surface area contributed by atoms with Crippen molar-refractivity contribution >= 4 is 17.8 Å². The van der Waals surface area contributed by atoms with Crippen LogP contribution in [0.2, 0.25) is 0 Å². The predicted octanol–water partition coefficient (Wildman–Crippen LogP) is 1.66. The molecule has 2 heterocycles. The normalized spacial score (nSPS) is 16.1. The van der Waals surface area contributed by atoms with Crippen LogP contribution < -0.4 is 10.1 Å². The van der Waals surface area contributed by atoms with Gasteiger partial charge in [-0.2, -0.15) is 0 Å². The number of amides is 2. The van der Waals surface area contributed by atoms with Gasteiger partial charge in [0.2, 0.25) is 5.91 Å². The van der Waals surface area contributed by atoms with Gasteiger partial charge in [-0.15, -0.1) is 0 Å². The first-order valence-electron chi connectivity index (χ1n) is 8.60. The number of nitrogens with one attached hydrogen (secondary N) is 1. The molecule has 2 amide bonds. The lowest BCUT2D eigenvalue weighted by Crippen LogP contribution is -2.45. The van der Waals surface area contributed by atoms with Crippen molar-refractivity contribution in [3.63, 3.8) is 0 Å². The number of ether oxygens (including phenoxy) is 1. The lowest BCUT2D eigenvalue weighted by atomic mass is 10.1. The van der Waals surface area contributed by atoms with Gasteiger partial charge < -0.3 is 24.5 Å². The first-order chi connectivity index (χ1) is 13.0. The zero-order chi connectivity index (χ0) is 19.2. The smallest absolute Gasteiger partial charge is 0.341 e. The SMILES string of the molecule is O=C(O)COc1cccc(C(=O)N2CCCC2C(=O)NCc2ccco2)c1. The van der Waals surface area contributed by atoms with Crippen LogP contribution in [0.1, 0.15) is 29.0 Å². The molecule has 8 nitrogen and oxygen atoms in total. The molecule has 1 fully saturated rings. The van der Waals surface area contributed by atoms with Crippen LogP contribution in [0.25, 0.3) is 0 Å². The zero-order valence-corrected chi connectivity index (χ0v) is 14.6. The van der Waals surface area contributed by atoms with Gasteiger partial charge in [0.05, 0.1) is 12.8 Å². The highest BCUT2D eigenvalue weighted by Crippen LogP contribution is 2.22. The van der Waals surface area contributed by atoms with E-state index in [-0.39, 0.29) is 18.4 Å². The van der Waals surface area contributed by atoms with E-state index in [9.17, 15) is 14.4 Å². The fraction of sp³-hybridized carbons (Fsp3) is 0.316. The Hall–Kier alpha value is -3.29. The summed E-state index contributed by atoms with van der Waals surface area (Å²) < 4.78 is 10.3. The molecule has 1 aromatic carbocycles. The molecule has 3 rings (SSSR count). The van der Waals surface area contributed by atoms with Gasteiger partial charge in [-0.25, -0.2) is 4.79 Å². The molecule has 27 heavy (non-hydrogen) atoms. The van der Waals surface area contributed by atoms with Gasteiger partial charge in [-0.05, 0) is 43.2 Å². The number of carbonyl (C=O) groups excluding carboxylic acids is 2. The van der Waals surface area contributed by atoms with Gasteiger partial charge in [-0.1, -0.05) is 6.07 Å². The van der Waals surface area contributed by atoms with Crippen molar-refractivity contribution in [3.8, 4) is 5.75 Å². The summed E-state index contributed by atoms with van der Waals surface area (Å²) in [6.45, 7) is 0.264. The van der Waals surface area contributed by atoms with Crippen molar-refractivity contribution in [2.45, 2.75) is 25.4 Å². The van der Waals surface area contributed by atoms with E-state index in [2.05, 4.69) is 5.32 Å². The third-order valence-electron chi connectivity index (χ3n) is 4.28. The van der Waals surface area contributed by atoms with Crippen LogP contribution in [0, 0.1) is 0 Å². The third kappa shape index (κ3) is 4.66. The first kappa shape index (κ1) is 18.5. The Balaban J connectivity index is 1.65. The van der Waals surface area contributed by atoms with Crippen LogP contribution in [0.3, 0.4) is 0 Å². The zero-order valence-electron chi connectivity index (χ0n) is 14.6. The second-order valence-electron chi connectivity index (χ2n) is 6.16. The van der Waals surface area contributed by atoms with Crippen molar-refractivity contribution in [1.29, 1.82) is 0 Å². The van der Waals surface area contributed by atoms with E-state index < -0.39 is 18.6 Å². The van der Waals surface area contributed by atoms with Crippen molar-refractivity contribution in [1.82, 2.24) is 10.2 Å². The Kier molecular flexibility index (Phi) is 5.75. The number of benzene rings is 1. The Morgan fingerprint density at radius 3 is 2.85 bits per heavy atom. The number of nitrogens with zero attached hydrogens (tertiary/aromatic N) is 1. The minimum Gasteiger partial charge on any atom is -0.482 e. The van der Waals surface area contributed by atoms with Gasteiger partial charge in [0.25, 0.3) is 5.91 Å². The molecule has 8 heteroatoms. The number of carboxylic acid groups (broad SMARTS) is 1. The summed E-state index contributed by atoms with van der Waals surface area (Å²) in [4.78, 5) is 37.5. The molecule has 1 unspecified atom stereocenters. The summed E-state index contributed by atoms with van der Waals surface area (Å²) in [7, 11) is 0. The molecule has 0 bridgehead atoms. The van der Waals surface area contributed by atoms with Crippen LogP contribution in [0.15, 0.2) is 47.1 Å². The monoisotopic (exact) mass is 372 g/mol. The maximum absolute atomic E-state index is 12.8. The van der Waals surface area contributed by atoms with Gasteiger partial charge >= 0.3 is 5.97 Å². The number of likely N-dealkylation sites (tertiary alicyclic amines) is 1. The summed E-state index contributed by atoms with van der Waals surface area (Å²) >= 11 is 0. The largest absolute Gasteiger partial charge is 0.482 e. The van der Waals surface area contributed by atoms with E-state index in [0.717, 1.165) is 6.42 Å². The number of rotatable bonds is 7. The van der Waals surface area contributed by atoms with E-state index in [0.29, 0.717) is 30.0 Å². The van der Waals surface area contributed by atoms with E-state index in [1.54, 1.807) is 30.3 Å². The van der Waals surface area contributed by atoms with Crippen molar-refractivity contribution < 1.29 is 28.6 Å². The highest BCUT2D eigenvalue weighted by molar-refractivity contribution is 5.98. The quantitative estimate of drug-likeness (QED) is 0.765. The molecule has 2 aromatic rings. The molecule has 0 radical (unpaired) electrons. The van der Waals surface area contributed by atoms with Crippen LogP contribution in [-0.4, -0.2) is 47.0 Å². The molecule has 0 spiro atoms. The molecule has 142 valence electrons. The molecule has 1 atom stereocenters. The van der Waals surface area contributed by atoms with E-state index in [4.69, 9.17) is 14.3 Å². The molecule has 1 aromatic heterocycles. The number of carboxylic acids is 1. The predicted molar refractivity (Wildman–Crippen MR) is 94.2 cm³/mol. The summed E-state index contributed by atoms with van der Waals surface area (Å²) in [6.07, 6.45) is 2.86. The molecular formula is C19H20N2O6. The first-order valence-corrected chi connectivity index (χ1v) is 8.60. The Labute approximate surface area is 155 Å². The fourth-order valence-corrected chi connectivity index (χ4v) is 3.02. The second kappa shape index (κ2) is 8.39. The van der Waals surface area contributed by atoms with E-state index >= 15 is 0 Å². The lowest BCUT2D eigenvalue weighted by molar-refractivity contribution is -0.139. The Morgan fingerprint density at radius 1 is 1.26 bits per heavy atom. The summed E-state index contributed by atoms with van der Waals surface area (Å²) in [5.41, 5.74) is 0.351. The lowest BCUT2D eigenvalue weighted by Gasteiger charge is -2.24. The van der Waals surface area contributed by atoms with E-state index in [1.807, 2.05) is 0 Å². The molecule has 1 aliphatic rings. The van der Waals surface area contributed by atoms with Crippen LogP contribution >= 0.6 is 0 Å². The molecule has 1 aliphatic heterocycles. The topological polar surface area (TPSA) is 109 Å². The molecule has 1 saturated heterocycles. The number of hydrogen-bond acceptors (Lipinski definition) is 5. The van der Waals surface area contributed by atoms with Crippen molar-refractivity contribution in [2.75, 3.05) is 13.2 Å².